The Balaban J connectivity index is 1.60. The van der Waals surface area contributed by atoms with Gasteiger partial charge in [-0.3, -0.25) is 4.68 Å². The number of nitrogens with zero attached hydrogens (tertiary/aromatic N) is 4. The molecule has 1 saturated heterocycles. The van der Waals surface area contributed by atoms with Crippen LogP contribution in [0, 0.1) is 6.92 Å². The third kappa shape index (κ3) is 3.17. The second kappa shape index (κ2) is 6.16. The molecule has 0 radical (unpaired) electrons. The third-order valence-electron chi connectivity index (χ3n) is 4.25. The van der Waals surface area contributed by atoms with Gasteiger partial charge in [-0.05, 0) is 38.3 Å². The lowest BCUT2D eigenvalue weighted by Gasteiger charge is -2.27. The number of hydrogen-bond acceptors (Lipinski definition) is 4. The Morgan fingerprint density at radius 2 is 1.95 bits per heavy atom. The maximum absolute atomic E-state index is 4.58. The summed E-state index contributed by atoms with van der Waals surface area (Å²) < 4.78 is 1.90. The molecule has 21 heavy (non-hydrogen) atoms. The van der Waals surface area contributed by atoms with Gasteiger partial charge < -0.3 is 10.2 Å². The summed E-state index contributed by atoms with van der Waals surface area (Å²) in [7, 11) is 1.97. The van der Waals surface area contributed by atoms with E-state index in [1.54, 1.807) is 0 Å². The summed E-state index contributed by atoms with van der Waals surface area (Å²) in [6, 6.07) is 4.23. The highest BCUT2D eigenvalue weighted by Gasteiger charge is 2.11. The molecule has 0 aliphatic carbocycles. The summed E-state index contributed by atoms with van der Waals surface area (Å²) >= 11 is 0. The van der Waals surface area contributed by atoms with Crippen LogP contribution in [0.25, 0.3) is 0 Å². The van der Waals surface area contributed by atoms with Crippen molar-refractivity contribution in [3.8, 4) is 0 Å². The summed E-state index contributed by atoms with van der Waals surface area (Å²) in [5, 5.41) is 7.67. The maximum Gasteiger partial charge on any atom is 0.128 e. The monoisotopic (exact) mass is 285 g/mol. The second-order valence-corrected chi connectivity index (χ2v) is 5.69. The van der Waals surface area contributed by atoms with E-state index >= 15 is 0 Å². The molecule has 0 spiro atoms. The maximum atomic E-state index is 4.58. The van der Waals surface area contributed by atoms with Gasteiger partial charge >= 0.3 is 0 Å². The Morgan fingerprint density at radius 3 is 2.57 bits per heavy atom. The Hall–Kier alpha value is -2.04. The summed E-state index contributed by atoms with van der Waals surface area (Å²) in [5.74, 6) is 1.10. The minimum atomic E-state index is 0.782. The molecule has 0 unspecified atom stereocenters. The van der Waals surface area contributed by atoms with Gasteiger partial charge in [0.1, 0.15) is 5.82 Å². The first kappa shape index (κ1) is 13.9. The van der Waals surface area contributed by atoms with Crippen LogP contribution in [0.2, 0.25) is 0 Å². The van der Waals surface area contributed by atoms with Gasteiger partial charge in [-0.15, -0.1) is 0 Å². The molecule has 112 valence electrons. The van der Waals surface area contributed by atoms with Crippen LogP contribution in [0.3, 0.4) is 0 Å². The smallest absolute Gasteiger partial charge is 0.128 e. The van der Waals surface area contributed by atoms with Crippen LogP contribution in [-0.4, -0.2) is 27.9 Å². The fourth-order valence-corrected chi connectivity index (χ4v) is 2.72. The lowest BCUT2D eigenvalue weighted by Crippen LogP contribution is -2.30. The number of rotatable bonds is 4. The minimum Gasteiger partial charge on any atom is -0.380 e. The van der Waals surface area contributed by atoms with E-state index in [1.165, 1.54) is 30.5 Å². The van der Waals surface area contributed by atoms with Crippen LogP contribution in [-0.2, 0) is 13.6 Å². The normalized spacial score (nSPS) is 15.2. The SMILES string of the molecule is Cc1c(CNc2ccc(N3CCCCC3)nc2)cnn1C. The number of aromatic nitrogens is 3. The molecule has 3 rings (SSSR count). The highest BCUT2D eigenvalue weighted by Crippen LogP contribution is 2.19. The lowest BCUT2D eigenvalue weighted by atomic mass is 10.1. The highest BCUT2D eigenvalue weighted by atomic mass is 15.3. The average Bonchev–Trinajstić information content (AvgIpc) is 2.86. The first-order chi connectivity index (χ1) is 10.2. The van der Waals surface area contributed by atoms with Crippen LogP contribution >= 0.6 is 0 Å². The van der Waals surface area contributed by atoms with Crippen molar-refractivity contribution in [2.24, 2.45) is 7.05 Å². The van der Waals surface area contributed by atoms with Crippen molar-refractivity contribution < 1.29 is 0 Å². The summed E-state index contributed by atoms with van der Waals surface area (Å²) in [4.78, 5) is 6.96. The molecule has 2 aromatic rings. The van der Waals surface area contributed by atoms with Crippen LogP contribution in [0.4, 0.5) is 11.5 Å². The molecule has 1 fully saturated rings. The summed E-state index contributed by atoms with van der Waals surface area (Å²) in [5.41, 5.74) is 3.47. The molecular formula is C16H23N5. The van der Waals surface area contributed by atoms with E-state index in [-0.39, 0.29) is 0 Å². The van der Waals surface area contributed by atoms with Gasteiger partial charge in [-0.1, -0.05) is 0 Å². The predicted molar refractivity (Wildman–Crippen MR) is 85.6 cm³/mol. The Labute approximate surface area is 126 Å². The van der Waals surface area contributed by atoms with Crippen molar-refractivity contribution in [1.29, 1.82) is 0 Å². The molecule has 5 nitrogen and oxygen atoms in total. The highest BCUT2D eigenvalue weighted by molar-refractivity contribution is 5.49. The van der Waals surface area contributed by atoms with E-state index in [0.717, 1.165) is 31.1 Å². The molecule has 0 bridgehead atoms. The minimum absolute atomic E-state index is 0.782. The van der Waals surface area contributed by atoms with Crippen molar-refractivity contribution >= 4 is 11.5 Å². The lowest BCUT2D eigenvalue weighted by molar-refractivity contribution is 0.573. The van der Waals surface area contributed by atoms with Gasteiger partial charge in [0.05, 0.1) is 18.1 Å². The third-order valence-corrected chi connectivity index (χ3v) is 4.25. The van der Waals surface area contributed by atoms with E-state index in [4.69, 9.17) is 0 Å². The van der Waals surface area contributed by atoms with Gasteiger partial charge in [-0.2, -0.15) is 5.10 Å². The largest absolute Gasteiger partial charge is 0.380 e. The second-order valence-electron chi connectivity index (χ2n) is 5.69. The summed E-state index contributed by atoms with van der Waals surface area (Å²) in [6.45, 7) is 5.13. The molecule has 0 saturated carbocycles. The van der Waals surface area contributed by atoms with Crippen LogP contribution < -0.4 is 10.2 Å². The number of anilines is 2. The first-order valence-electron chi connectivity index (χ1n) is 7.66. The molecule has 0 amide bonds. The zero-order valence-corrected chi connectivity index (χ0v) is 12.8. The summed E-state index contributed by atoms with van der Waals surface area (Å²) in [6.07, 6.45) is 7.75. The number of pyridine rings is 1. The molecule has 5 heteroatoms. The van der Waals surface area contributed by atoms with Gasteiger partial charge in [0.25, 0.3) is 0 Å². The van der Waals surface area contributed by atoms with Crippen molar-refractivity contribution in [3.05, 3.63) is 35.8 Å². The quantitative estimate of drug-likeness (QED) is 0.938. The molecule has 1 N–H and O–H groups in total. The number of piperidine rings is 1. The van der Waals surface area contributed by atoms with Crippen molar-refractivity contribution in [2.45, 2.75) is 32.7 Å². The van der Waals surface area contributed by atoms with Crippen molar-refractivity contribution in [1.82, 2.24) is 14.8 Å². The van der Waals surface area contributed by atoms with Crippen molar-refractivity contribution in [3.63, 3.8) is 0 Å². The van der Waals surface area contributed by atoms with E-state index < -0.39 is 0 Å². The van der Waals surface area contributed by atoms with Gasteiger partial charge in [-0.25, -0.2) is 4.98 Å². The first-order valence-corrected chi connectivity index (χ1v) is 7.66. The molecule has 0 aromatic carbocycles. The zero-order chi connectivity index (χ0) is 14.7. The molecule has 3 heterocycles. The molecule has 1 aliphatic rings. The molecule has 2 aromatic heterocycles. The number of aryl methyl sites for hydroxylation is 1. The van der Waals surface area contributed by atoms with Gasteiger partial charge in [0.2, 0.25) is 0 Å². The van der Waals surface area contributed by atoms with Gasteiger partial charge in [0.15, 0.2) is 0 Å². The average molecular weight is 285 g/mol. The van der Waals surface area contributed by atoms with Gasteiger partial charge in [0, 0.05) is 37.9 Å². The number of hydrogen-bond donors (Lipinski definition) is 1. The zero-order valence-electron chi connectivity index (χ0n) is 12.8. The Morgan fingerprint density at radius 1 is 1.14 bits per heavy atom. The van der Waals surface area contributed by atoms with E-state index in [0.29, 0.717) is 0 Å². The van der Waals surface area contributed by atoms with E-state index in [1.807, 2.05) is 24.1 Å². The molecule has 1 aliphatic heterocycles. The van der Waals surface area contributed by atoms with E-state index in [9.17, 15) is 0 Å². The van der Waals surface area contributed by atoms with Crippen molar-refractivity contribution in [2.75, 3.05) is 23.3 Å². The fraction of sp³-hybridized carbons (Fsp3) is 0.500. The van der Waals surface area contributed by atoms with E-state index in [2.05, 4.69) is 39.4 Å². The standard InChI is InChI=1S/C16H23N5/c1-13-14(11-19-20(13)2)10-17-15-6-7-16(18-12-15)21-8-4-3-5-9-21/h6-7,11-12,17H,3-5,8-10H2,1-2H3. The predicted octanol–water partition coefficient (Wildman–Crippen LogP) is 2.73. The fourth-order valence-electron chi connectivity index (χ4n) is 2.72. The van der Waals surface area contributed by atoms with Crippen LogP contribution in [0.15, 0.2) is 24.5 Å². The topological polar surface area (TPSA) is 46.0 Å². The Bertz CT molecular complexity index is 581. The number of nitrogens with one attached hydrogen (secondary N) is 1. The van der Waals surface area contributed by atoms with Crippen LogP contribution in [0.1, 0.15) is 30.5 Å². The molecular weight excluding hydrogens is 262 g/mol. The van der Waals surface area contributed by atoms with Crippen LogP contribution in [0.5, 0.6) is 0 Å². The Kier molecular flexibility index (Phi) is 4.08. The molecule has 0 atom stereocenters.